The van der Waals surface area contributed by atoms with Gasteiger partial charge in [-0.25, -0.2) is 9.78 Å². The Balaban J connectivity index is 1.79. The van der Waals surface area contributed by atoms with Gasteiger partial charge in [0.25, 0.3) is 5.91 Å². The molecule has 0 aliphatic carbocycles. The summed E-state index contributed by atoms with van der Waals surface area (Å²) in [7, 11) is 2.12. The van der Waals surface area contributed by atoms with E-state index in [1.807, 2.05) is 0 Å². The second-order valence-electron chi connectivity index (χ2n) is 5.50. The molecule has 21 heavy (non-hydrogen) atoms. The standard InChI is InChI=1S/C15H21N3O3/c1-18-9-6-11(7-10-18)5-8-16-14(19)12-3-2-4-13(17-12)15(20)21/h2-4,11H,5-10H2,1H3,(H,16,19)(H,20,21). The molecule has 0 bridgehead atoms. The molecule has 1 amide bonds. The summed E-state index contributed by atoms with van der Waals surface area (Å²) in [6.45, 7) is 2.83. The summed E-state index contributed by atoms with van der Waals surface area (Å²) in [6, 6.07) is 4.43. The molecule has 1 fully saturated rings. The summed E-state index contributed by atoms with van der Waals surface area (Å²) in [5, 5.41) is 11.7. The number of aromatic carboxylic acids is 1. The van der Waals surface area contributed by atoms with Gasteiger partial charge in [0.05, 0.1) is 0 Å². The Kier molecular flexibility index (Phi) is 5.27. The van der Waals surface area contributed by atoms with Crippen molar-refractivity contribution in [3.63, 3.8) is 0 Å². The van der Waals surface area contributed by atoms with E-state index in [9.17, 15) is 9.59 Å². The van der Waals surface area contributed by atoms with Crippen LogP contribution >= 0.6 is 0 Å². The number of amides is 1. The molecule has 1 aromatic rings. The van der Waals surface area contributed by atoms with Gasteiger partial charge in [-0.3, -0.25) is 4.79 Å². The highest BCUT2D eigenvalue weighted by atomic mass is 16.4. The molecule has 6 nitrogen and oxygen atoms in total. The van der Waals surface area contributed by atoms with Crippen LogP contribution in [0.3, 0.4) is 0 Å². The van der Waals surface area contributed by atoms with Crippen molar-refractivity contribution in [3.8, 4) is 0 Å². The molecule has 2 heterocycles. The fraction of sp³-hybridized carbons (Fsp3) is 0.533. The molecule has 1 aliphatic heterocycles. The zero-order chi connectivity index (χ0) is 15.2. The number of nitrogens with zero attached hydrogens (tertiary/aromatic N) is 2. The molecule has 1 aromatic heterocycles. The van der Waals surface area contributed by atoms with E-state index in [1.165, 1.54) is 31.0 Å². The molecular formula is C15H21N3O3. The van der Waals surface area contributed by atoms with Gasteiger partial charge in [0.2, 0.25) is 0 Å². The highest BCUT2D eigenvalue weighted by Crippen LogP contribution is 2.18. The van der Waals surface area contributed by atoms with Gasteiger partial charge < -0.3 is 15.3 Å². The quantitative estimate of drug-likeness (QED) is 0.853. The summed E-state index contributed by atoms with van der Waals surface area (Å²) in [6.07, 6.45) is 3.29. The van der Waals surface area contributed by atoms with Crippen LogP contribution < -0.4 is 5.32 Å². The number of rotatable bonds is 5. The van der Waals surface area contributed by atoms with Crippen LogP contribution in [0, 0.1) is 5.92 Å². The van der Waals surface area contributed by atoms with Crippen LogP contribution in [0.4, 0.5) is 0 Å². The molecule has 0 aromatic carbocycles. The summed E-state index contributed by atoms with van der Waals surface area (Å²) < 4.78 is 0. The fourth-order valence-corrected chi connectivity index (χ4v) is 2.51. The van der Waals surface area contributed by atoms with Crippen LogP contribution in [0.2, 0.25) is 0 Å². The van der Waals surface area contributed by atoms with Crippen LogP contribution in [0.5, 0.6) is 0 Å². The zero-order valence-corrected chi connectivity index (χ0v) is 12.2. The number of piperidine rings is 1. The molecule has 1 saturated heterocycles. The lowest BCUT2D eigenvalue weighted by molar-refractivity contribution is 0.0690. The van der Waals surface area contributed by atoms with E-state index in [4.69, 9.17) is 5.11 Å². The molecule has 0 saturated carbocycles. The van der Waals surface area contributed by atoms with Crippen molar-refractivity contribution < 1.29 is 14.7 Å². The third-order valence-electron chi connectivity index (χ3n) is 3.88. The number of nitrogens with one attached hydrogen (secondary N) is 1. The molecule has 0 atom stereocenters. The minimum atomic E-state index is -1.13. The number of carbonyl (C=O) groups is 2. The van der Waals surface area contributed by atoms with Crippen LogP contribution in [0.25, 0.3) is 0 Å². The third-order valence-corrected chi connectivity index (χ3v) is 3.88. The summed E-state index contributed by atoms with van der Waals surface area (Å²) in [4.78, 5) is 28.9. The highest BCUT2D eigenvalue weighted by Gasteiger charge is 2.17. The van der Waals surface area contributed by atoms with Crippen molar-refractivity contribution in [2.24, 2.45) is 5.92 Å². The molecule has 0 unspecified atom stereocenters. The predicted molar refractivity (Wildman–Crippen MR) is 78.4 cm³/mol. The minimum absolute atomic E-state index is 0.113. The maximum absolute atomic E-state index is 11.9. The maximum Gasteiger partial charge on any atom is 0.354 e. The van der Waals surface area contributed by atoms with Gasteiger partial charge in [-0.2, -0.15) is 0 Å². The van der Waals surface area contributed by atoms with Crippen LogP contribution in [0.1, 0.15) is 40.2 Å². The normalized spacial score (nSPS) is 16.6. The smallest absolute Gasteiger partial charge is 0.354 e. The first-order valence-electron chi connectivity index (χ1n) is 7.23. The Morgan fingerprint density at radius 3 is 2.67 bits per heavy atom. The van der Waals surface area contributed by atoms with Crippen molar-refractivity contribution in [1.29, 1.82) is 0 Å². The van der Waals surface area contributed by atoms with Crippen molar-refractivity contribution in [2.75, 3.05) is 26.7 Å². The number of aromatic nitrogens is 1. The number of carbonyl (C=O) groups excluding carboxylic acids is 1. The van der Waals surface area contributed by atoms with E-state index in [2.05, 4.69) is 22.2 Å². The van der Waals surface area contributed by atoms with Crippen molar-refractivity contribution in [2.45, 2.75) is 19.3 Å². The number of carboxylic acids is 1. The second-order valence-corrected chi connectivity index (χ2v) is 5.50. The van der Waals surface area contributed by atoms with Crippen LogP contribution in [-0.4, -0.2) is 53.5 Å². The third kappa shape index (κ3) is 4.53. The number of pyridine rings is 1. The van der Waals surface area contributed by atoms with Crippen LogP contribution in [-0.2, 0) is 0 Å². The highest BCUT2D eigenvalue weighted by molar-refractivity contribution is 5.94. The Bertz CT molecular complexity index is 511. The first-order chi connectivity index (χ1) is 10.1. The van der Waals surface area contributed by atoms with Gasteiger partial charge in [-0.05, 0) is 57.5 Å². The molecule has 1 aliphatic rings. The van der Waals surface area contributed by atoms with E-state index in [0.717, 1.165) is 19.5 Å². The molecule has 2 rings (SSSR count). The Hall–Kier alpha value is -1.95. The minimum Gasteiger partial charge on any atom is -0.477 e. The van der Waals surface area contributed by atoms with Gasteiger partial charge in [0.1, 0.15) is 11.4 Å². The number of likely N-dealkylation sites (tertiary alicyclic amines) is 1. The molecule has 114 valence electrons. The Morgan fingerprint density at radius 1 is 1.33 bits per heavy atom. The number of hydrogen-bond acceptors (Lipinski definition) is 4. The van der Waals surface area contributed by atoms with Gasteiger partial charge in [0, 0.05) is 6.54 Å². The van der Waals surface area contributed by atoms with E-state index in [0.29, 0.717) is 12.5 Å². The number of hydrogen-bond donors (Lipinski definition) is 2. The van der Waals surface area contributed by atoms with Gasteiger partial charge in [-0.1, -0.05) is 6.07 Å². The average molecular weight is 291 g/mol. The summed E-state index contributed by atoms with van der Waals surface area (Å²) in [5.41, 5.74) is 0.0382. The lowest BCUT2D eigenvalue weighted by Crippen LogP contribution is -2.33. The molecule has 0 spiro atoms. The predicted octanol–water partition coefficient (Wildman–Crippen LogP) is 1.24. The molecular weight excluding hydrogens is 270 g/mol. The van der Waals surface area contributed by atoms with Gasteiger partial charge in [-0.15, -0.1) is 0 Å². The van der Waals surface area contributed by atoms with E-state index >= 15 is 0 Å². The summed E-state index contributed by atoms with van der Waals surface area (Å²) >= 11 is 0. The van der Waals surface area contributed by atoms with Gasteiger partial charge >= 0.3 is 5.97 Å². The fourth-order valence-electron chi connectivity index (χ4n) is 2.51. The van der Waals surface area contributed by atoms with Crippen molar-refractivity contribution in [1.82, 2.24) is 15.2 Å². The molecule has 0 radical (unpaired) electrons. The first kappa shape index (κ1) is 15.4. The van der Waals surface area contributed by atoms with E-state index in [1.54, 1.807) is 0 Å². The Labute approximate surface area is 124 Å². The lowest BCUT2D eigenvalue weighted by atomic mass is 9.94. The largest absolute Gasteiger partial charge is 0.477 e. The molecule has 6 heteroatoms. The monoisotopic (exact) mass is 291 g/mol. The zero-order valence-electron chi connectivity index (χ0n) is 12.2. The average Bonchev–Trinajstić information content (AvgIpc) is 2.49. The topological polar surface area (TPSA) is 82.5 Å². The van der Waals surface area contributed by atoms with E-state index in [-0.39, 0.29) is 17.3 Å². The SMILES string of the molecule is CN1CCC(CCNC(=O)c2cccc(C(=O)O)n2)CC1. The Morgan fingerprint density at radius 2 is 2.00 bits per heavy atom. The maximum atomic E-state index is 11.9. The summed E-state index contributed by atoms with van der Waals surface area (Å²) in [5.74, 6) is -0.790. The van der Waals surface area contributed by atoms with Crippen molar-refractivity contribution in [3.05, 3.63) is 29.6 Å². The number of carboxylic acid groups (broad SMARTS) is 1. The van der Waals surface area contributed by atoms with Crippen LogP contribution in [0.15, 0.2) is 18.2 Å². The first-order valence-corrected chi connectivity index (χ1v) is 7.23. The second kappa shape index (κ2) is 7.17. The molecule has 2 N–H and O–H groups in total. The lowest BCUT2D eigenvalue weighted by Gasteiger charge is -2.28. The van der Waals surface area contributed by atoms with Gasteiger partial charge in [0.15, 0.2) is 0 Å². The van der Waals surface area contributed by atoms with Crippen molar-refractivity contribution >= 4 is 11.9 Å². The van der Waals surface area contributed by atoms with E-state index < -0.39 is 5.97 Å².